The lowest BCUT2D eigenvalue weighted by Crippen LogP contribution is -2.38. The minimum absolute atomic E-state index is 0.219. The van der Waals surface area contributed by atoms with E-state index >= 15 is 0 Å². The number of amides is 1. The summed E-state index contributed by atoms with van der Waals surface area (Å²) in [5, 5.41) is 2.72. The van der Waals surface area contributed by atoms with Gasteiger partial charge in [0.05, 0.1) is 19.9 Å². The van der Waals surface area contributed by atoms with Crippen LogP contribution in [0.15, 0.2) is 48.5 Å². The maximum absolute atomic E-state index is 12.2. The number of nitrogens with one attached hydrogen (secondary N) is 1. The van der Waals surface area contributed by atoms with Gasteiger partial charge in [0.2, 0.25) is 15.9 Å². The molecule has 6 nitrogen and oxygen atoms in total. The molecule has 2 rings (SSSR count). The molecule has 0 radical (unpaired) electrons. The fraction of sp³-hybridized carbons (Fsp3) is 0.316. The topological polar surface area (TPSA) is 75.7 Å². The predicted octanol–water partition coefficient (Wildman–Crippen LogP) is 2.45. The number of benzene rings is 2. The summed E-state index contributed by atoms with van der Waals surface area (Å²) in [5.41, 5.74) is 2.70. The average molecular weight is 376 g/mol. The molecule has 0 heterocycles. The Bertz CT molecular complexity index is 831. The Morgan fingerprint density at radius 1 is 1.08 bits per heavy atom. The number of hydrogen-bond acceptors (Lipinski definition) is 4. The summed E-state index contributed by atoms with van der Waals surface area (Å²) < 4.78 is 30.3. The van der Waals surface area contributed by atoms with E-state index in [9.17, 15) is 13.2 Å². The molecule has 140 valence electrons. The quantitative estimate of drug-likeness (QED) is 0.768. The van der Waals surface area contributed by atoms with Crippen molar-refractivity contribution in [1.82, 2.24) is 4.31 Å². The summed E-state index contributed by atoms with van der Waals surface area (Å²) in [6, 6.07) is 14.7. The predicted molar refractivity (Wildman–Crippen MR) is 103 cm³/mol. The van der Waals surface area contributed by atoms with E-state index in [0.717, 1.165) is 23.1 Å². The fourth-order valence-corrected chi connectivity index (χ4v) is 3.18. The Morgan fingerprint density at radius 2 is 1.69 bits per heavy atom. The van der Waals surface area contributed by atoms with E-state index in [1.54, 1.807) is 19.2 Å². The molecule has 0 atom stereocenters. The summed E-state index contributed by atoms with van der Waals surface area (Å²) >= 11 is 0. The molecule has 0 aliphatic rings. The molecular formula is C19H24N2O4S. The normalized spacial score (nSPS) is 11.4. The average Bonchev–Trinajstić information content (AvgIpc) is 2.60. The molecule has 0 unspecified atom stereocenters. The molecule has 0 aliphatic heterocycles. The maximum Gasteiger partial charge on any atom is 0.239 e. The van der Waals surface area contributed by atoms with Crippen LogP contribution in [0.1, 0.15) is 11.1 Å². The van der Waals surface area contributed by atoms with Crippen LogP contribution in [0.4, 0.5) is 5.69 Å². The van der Waals surface area contributed by atoms with Crippen molar-refractivity contribution in [2.24, 2.45) is 0 Å². The van der Waals surface area contributed by atoms with Gasteiger partial charge in [-0.3, -0.25) is 4.79 Å². The van der Waals surface area contributed by atoms with Crippen LogP contribution in [0.3, 0.4) is 0 Å². The van der Waals surface area contributed by atoms with Crippen LogP contribution in [0.25, 0.3) is 0 Å². The number of ether oxygens (including phenoxy) is 1. The van der Waals surface area contributed by atoms with Crippen LogP contribution in [0.2, 0.25) is 0 Å². The third-order valence-electron chi connectivity index (χ3n) is 3.93. The first-order chi connectivity index (χ1) is 12.3. The number of nitrogens with zero attached hydrogens (tertiary/aromatic N) is 1. The molecular weight excluding hydrogens is 352 g/mol. The molecule has 26 heavy (non-hydrogen) atoms. The molecule has 7 heteroatoms. The van der Waals surface area contributed by atoms with Gasteiger partial charge in [-0.05, 0) is 43.2 Å². The van der Waals surface area contributed by atoms with Gasteiger partial charge < -0.3 is 10.1 Å². The van der Waals surface area contributed by atoms with E-state index in [1.165, 1.54) is 4.31 Å². The summed E-state index contributed by atoms with van der Waals surface area (Å²) in [6.07, 6.45) is 1.62. The third kappa shape index (κ3) is 6.16. The van der Waals surface area contributed by atoms with Crippen LogP contribution in [0, 0.1) is 6.92 Å². The molecule has 0 saturated carbocycles. The Hall–Kier alpha value is -2.38. The second kappa shape index (κ2) is 8.82. The number of hydrogen-bond donors (Lipinski definition) is 1. The van der Waals surface area contributed by atoms with E-state index in [2.05, 4.69) is 5.32 Å². The Balaban J connectivity index is 1.97. The first kappa shape index (κ1) is 19.9. The molecule has 1 amide bonds. The monoisotopic (exact) mass is 376 g/mol. The van der Waals surface area contributed by atoms with E-state index in [1.807, 2.05) is 43.3 Å². The van der Waals surface area contributed by atoms with Crippen LogP contribution >= 0.6 is 0 Å². The van der Waals surface area contributed by atoms with Gasteiger partial charge in [-0.25, -0.2) is 8.42 Å². The largest absolute Gasteiger partial charge is 0.497 e. The van der Waals surface area contributed by atoms with Gasteiger partial charge in [0.1, 0.15) is 5.75 Å². The second-order valence-corrected chi connectivity index (χ2v) is 8.09. The maximum atomic E-state index is 12.2. The SMILES string of the molecule is COc1ccc(CCN(CC(=O)Nc2ccc(C)cc2)S(C)(=O)=O)cc1. The number of aryl methyl sites for hydroxylation is 1. The summed E-state index contributed by atoms with van der Waals surface area (Å²) in [6.45, 7) is 1.96. The highest BCUT2D eigenvalue weighted by Gasteiger charge is 2.20. The van der Waals surface area contributed by atoms with Crippen molar-refractivity contribution in [2.45, 2.75) is 13.3 Å². The summed E-state index contributed by atoms with van der Waals surface area (Å²) in [7, 11) is -1.90. The number of carbonyl (C=O) groups excluding carboxylic acids is 1. The molecule has 0 fully saturated rings. The van der Waals surface area contributed by atoms with Crippen molar-refractivity contribution in [2.75, 3.05) is 31.8 Å². The lowest BCUT2D eigenvalue weighted by molar-refractivity contribution is -0.116. The van der Waals surface area contributed by atoms with Gasteiger partial charge in [0.15, 0.2) is 0 Å². The number of sulfonamides is 1. The molecule has 0 saturated heterocycles. The zero-order valence-electron chi connectivity index (χ0n) is 15.2. The summed E-state index contributed by atoms with van der Waals surface area (Å²) in [5.74, 6) is 0.375. The standard InChI is InChI=1S/C19H24N2O4S/c1-15-4-8-17(9-5-15)20-19(22)14-21(26(3,23)24)13-12-16-6-10-18(25-2)11-7-16/h4-11H,12-14H2,1-3H3,(H,20,22). The van der Waals surface area contributed by atoms with E-state index in [0.29, 0.717) is 12.1 Å². The second-order valence-electron chi connectivity index (χ2n) is 6.11. The van der Waals surface area contributed by atoms with Crippen molar-refractivity contribution in [3.05, 3.63) is 59.7 Å². The number of methoxy groups -OCH3 is 1. The first-order valence-corrected chi connectivity index (χ1v) is 10.1. The molecule has 2 aromatic carbocycles. The lowest BCUT2D eigenvalue weighted by atomic mass is 10.1. The van der Waals surface area contributed by atoms with E-state index < -0.39 is 10.0 Å². The smallest absolute Gasteiger partial charge is 0.239 e. The van der Waals surface area contributed by atoms with Crippen molar-refractivity contribution in [3.8, 4) is 5.75 Å². The molecule has 0 spiro atoms. The van der Waals surface area contributed by atoms with Crippen LogP contribution in [-0.4, -0.2) is 45.1 Å². The van der Waals surface area contributed by atoms with E-state index in [4.69, 9.17) is 4.74 Å². The van der Waals surface area contributed by atoms with Gasteiger partial charge >= 0.3 is 0 Å². The number of carbonyl (C=O) groups is 1. The minimum Gasteiger partial charge on any atom is -0.497 e. The zero-order chi connectivity index (χ0) is 19.2. The van der Waals surface area contributed by atoms with Crippen LogP contribution < -0.4 is 10.1 Å². The molecule has 0 aromatic heterocycles. The summed E-state index contributed by atoms with van der Waals surface area (Å²) in [4.78, 5) is 12.2. The lowest BCUT2D eigenvalue weighted by Gasteiger charge is -2.19. The molecule has 0 aliphatic carbocycles. The highest BCUT2D eigenvalue weighted by atomic mass is 32.2. The Labute approximate surface area is 154 Å². The molecule has 0 bridgehead atoms. The van der Waals surface area contributed by atoms with Crippen LogP contribution in [-0.2, 0) is 21.2 Å². The minimum atomic E-state index is -3.49. The van der Waals surface area contributed by atoms with Gasteiger partial charge in [-0.15, -0.1) is 0 Å². The van der Waals surface area contributed by atoms with Crippen LogP contribution in [0.5, 0.6) is 5.75 Å². The third-order valence-corrected chi connectivity index (χ3v) is 5.18. The number of anilines is 1. The first-order valence-electron chi connectivity index (χ1n) is 8.22. The van der Waals surface area contributed by atoms with Crippen molar-refractivity contribution >= 4 is 21.6 Å². The van der Waals surface area contributed by atoms with Crippen molar-refractivity contribution in [1.29, 1.82) is 0 Å². The van der Waals surface area contributed by atoms with Crippen molar-refractivity contribution < 1.29 is 17.9 Å². The van der Waals surface area contributed by atoms with E-state index in [-0.39, 0.29) is 19.0 Å². The zero-order valence-corrected chi connectivity index (χ0v) is 16.0. The van der Waals surface area contributed by atoms with Gasteiger partial charge in [-0.1, -0.05) is 29.8 Å². The van der Waals surface area contributed by atoms with Gasteiger partial charge in [0.25, 0.3) is 0 Å². The Kier molecular flexibility index (Phi) is 6.76. The van der Waals surface area contributed by atoms with Gasteiger partial charge in [-0.2, -0.15) is 4.31 Å². The molecule has 1 N–H and O–H groups in total. The molecule has 2 aromatic rings. The van der Waals surface area contributed by atoms with Crippen molar-refractivity contribution in [3.63, 3.8) is 0 Å². The Morgan fingerprint density at radius 3 is 2.23 bits per heavy atom. The van der Waals surface area contributed by atoms with Gasteiger partial charge in [0, 0.05) is 12.2 Å². The number of rotatable bonds is 8. The fourth-order valence-electron chi connectivity index (χ4n) is 2.41. The highest BCUT2D eigenvalue weighted by molar-refractivity contribution is 7.88. The highest BCUT2D eigenvalue weighted by Crippen LogP contribution is 2.13.